The van der Waals surface area contributed by atoms with Crippen molar-refractivity contribution >= 4 is 23.5 Å². The van der Waals surface area contributed by atoms with Gasteiger partial charge in [0.25, 0.3) is 5.91 Å². The number of carbonyl (C=O) groups is 2. The van der Waals surface area contributed by atoms with Crippen molar-refractivity contribution in [1.82, 2.24) is 5.32 Å². The summed E-state index contributed by atoms with van der Waals surface area (Å²) in [4.78, 5) is 23.4. The molecule has 0 saturated carbocycles. The highest BCUT2D eigenvalue weighted by Gasteiger charge is 2.24. The zero-order chi connectivity index (χ0) is 16.0. The molecule has 5 nitrogen and oxygen atoms in total. The lowest BCUT2D eigenvalue weighted by Gasteiger charge is -2.20. The van der Waals surface area contributed by atoms with Crippen LogP contribution in [0.15, 0.2) is 18.2 Å². The van der Waals surface area contributed by atoms with Crippen LogP contribution in [0.25, 0.3) is 0 Å². The average molecular weight is 314 g/mol. The van der Waals surface area contributed by atoms with Gasteiger partial charge in [-0.3, -0.25) is 4.79 Å². The smallest absolute Gasteiger partial charge is 0.328 e. The summed E-state index contributed by atoms with van der Waals surface area (Å²) in [5.74, 6) is -0.529. The lowest BCUT2D eigenvalue weighted by atomic mass is 10.0. The van der Waals surface area contributed by atoms with E-state index in [1.807, 2.05) is 26.8 Å². The second-order valence-electron chi connectivity index (χ2n) is 5.03. The molecule has 116 valence electrons. The molecule has 6 heteroatoms. The molecule has 0 fully saturated rings. The number of amides is 1. The molecule has 0 aliphatic heterocycles. The van der Waals surface area contributed by atoms with Gasteiger partial charge < -0.3 is 14.8 Å². The molecule has 0 aromatic heterocycles. The first-order valence-corrected chi connectivity index (χ1v) is 6.99. The number of ether oxygens (including phenoxy) is 2. The van der Waals surface area contributed by atoms with Gasteiger partial charge in [-0.05, 0) is 30.5 Å². The van der Waals surface area contributed by atoms with Gasteiger partial charge in [-0.25, -0.2) is 4.79 Å². The topological polar surface area (TPSA) is 64.6 Å². The molecule has 0 heterocycles. The van der Waals surface area contributed by atoms with Gasteiger partial charge >= 0.3 is 5.97 Å². The molecule has 0 unspecified atom stereocenters. The van der Waals surface area contributed by atoms with E-state index in [9.17, 15) is 9.59 Å². The standard InChI is InChI=1S/C15H20ClNO4/c1-9(2)14(15(19)20-4)17-13(18)8-21-12-7-10(3)5-6-11(12)16/h5-7,9,14H,8H2,1-4H3,(H,17,18)/t14-/m0/s1. The van der Waals surface area contributed by atoms with Crippen LogP contribution >= 0.6 is 11.6 Å². The van der Waals surface area contributed by atoms with Crippen LogP contribution in [0.4, 0.5) is 0 Å². The second kappa shape index (κ2) is 7.88. The highest BCUT2D eigenvalue weighted by atomic mass is 35.5. The van der Waals surface area contributed by atoms with E-state index in [4.69, 9.17) is 16.3 Å². The number of methoxy groups -OCH3 is 1. The summed E-state index contributed by atoms with van der Waals surface area (Å²) in [6.07, 6.45) is 0. The maximum Gasteiger partial charge on any atom is 0.328 e. The number of esters is 1. The van der Waals surface area contributed by atoms with Crippen molar-refractivity contribution in [2.45, 2.75) is 26.8 Å². The summed E-state index contributed by atoms with van der Waals surface area (Å²) in [6, 6.07) is 4.60. The van der Waals surface area contributed by atoms with Gasteiger partial charge in [0.2, 0.25) is 0 Å². The van der Waals surface area contributed by atoms with E-state index in [-0.39, 0.29) is 12.5 Å². The average Bonchev–Trinajstić information content (AvgIpc) is 2.44. The molecule has 0 bridgehead atoms. The third-order valence-electron chi connectivity index (χ3n) is 2.88. The van der Waals surface area contributed by atoms with Crippen LogP contribution in [0.1, 0.15) is 19.4 Å². The fraction of sp³-hybridized carbons (Fsp3) is 0.467. The zero-order valence-corrected chi connectivity index (χ0v) is 13.4. The van der Waals surface area contributed by atoms with Crippen molar-refractivity contribution in [1.29, 1.82) is 0 Å². The largest absolute Gasteiger partial charge is 0.482 e. The molecule has 0 aliphatic carbocycles. The lowest BCUT2D eigenvalue weighted by Crippen LogP contribution is -2.46. The van der Waals surface area contributed by atoms with E-state index < -0.39 is 17.9 Å². The fourth-order valence-corrected chi connectivity index (χ4v) is 1.88. The van der Waals surface area contributed by atoms with Gasteiger partial charge in [-0.15, -0.1) is 0 Å². The molecule has 0 saturated heterocycles. The monoisotopic (exact) mass is 313 g/mol. The number of nitrogens with one attached hydrogen (secondary N) is 1. The predicted octanol–water partition coefficient (Wildman–Crippen LogP) is 2.34. The van der Waals surface area contributed by atoms with Gasteiger partial charge in [-0.2, -0.15) is 0 Å². The van der Waals surface area contributed by atoms with Crippen LogP contribution in [-0.2, 0) is 14.3 Å². The van der Waals surface area contributed by atoms with Crippen molar-refractivity contribution in [3.05, 3.63) is 28.8 Å². The molecule has 1 atom stereocenters. The molecular formula is C15H20ClNO4. The molecule has 1 aromatic carbocycles. The van der Waals surface area contributed by atoms with Crippen LogP contribution in [0.3, 0.4) is 0 Å². The maximum absolute atomic E-state index is 11.9. The molecule has 1 amide bonds. The Bertz CT molecular complexity index is 516. The molecule has 1 aromatic rings. The highest BCUT2D eigenvalue weighted by molar-refractivity contribution is 6.32. The van der Waals surface area contributed by atoms with E-state index in [2.05, 4.69) is 10.1 Å². The normalized spacial score (nSPS) is 11.9. The molecule has 0 aliphatic rings. The number of benzene rings is 1. The summed E-state index contributed by atoms with van der Waals surface area (Å²) >= 11 is 5.98. The third kappa shape index (κ3) is 5.27. The van der Waals surface area contributed by atoms with E-state index >= 15 is 0 Å². The van der Waals surface area contributed by atoms with E-state index in [1.165, 1.54) is 7.11 Å². The summed E-state index contributed by atoms with van der Waals surface area (Å²) < 4.78 is 10.0. The van der Waals surface area contributed by atoms with Crippen LogP contribution < -0.4 is 10.1 Å². The van der Waals surface area contributed by atoms with Crippen LogP contribution in [0.2, 0.25) is 5.02 Å². The Morgan fingerprint density at radius 3 is 2.57 bits per heavy atom. The number of aryl methyl sites for hydroxylation is 1. The Kier molecular flexibility index (Phi) is 6.49. The highest BCUT2D eigenvalue weighted by Crippen LogP contribution is 2.25. The first-order chi connectivity index (χ1) is 9.85. The summed E-state index contributed by atoms with van der Waals surface area (Å²) in [6.45, 7) is 5.32. The number of halogens is 1. The SMILES string of the molecule is COC(=O)[C@@H](NC(=O)COc1cc(C)ccc1Cl)C(C)C. The van der Waals surface area contributed by atoms with Crippen molar-refractivity contribution < 1.29 is 19.1 Å². The summed E-state index contributed by atoms with van der Waals surface area (Å²) in [5.41, 5.74) is 0.976. The van der Waals surface area contributed by atoms with Crippen molar-refractivity contribution in [2.24, 2.45) is 5.92 Å². The van der Waals surface area contributed by atoms with Crippen LogP contribution in [-0.4, -0.2) is 31.6 Å². The quantitative estimate of drug-likeness (QED) is 0.819. The molecule has 0 radical (unpaired) electrons. The van der Waals surface area contributed by atoms with Gasteiger partial charge in [0, 0.05) is 0 Å². The van der Waals surface area contributed by atoms with E-state index in [1.54, 1.807) is 12.1 Å². The Balaban J connectivity index is 2.61. The van der Waals surface area contributed by atoms with E-state index in [0.29, 0.717) is 10.8 Å². The minimum absolute atomic E-state index is 0.0797. The molecule has 21 heavy (non-hydrogen) atoms. The van der Waals surface area contributed by atoms with Gasteiger partial charge in [0.05, 0.1) is 12.1 Å². The second-order valence-corrected chi connectivity index (χ2v) is 5.44. The van der Waals surface area contributed by atoms with Crippen molar-refractivity contribution in [3.63, 3.8) is 0 Å². The fourth-order valence-electron chi connectivity index (χ4n) is 1.70. The predicted molar refractivity (Wildman–Crippen MR) is 80.5 cm³/mol. The van der Waals surface area contributed by atoms with Gasteiger partial charge in [0.1, 0.15) is 11.8 Å². The minimum Gasteiger partial charge on any atom is -0.482 e. The van der Waals surface area contributed by atoms with Crippen LogP contribution in [0.5, 0.6) is 5.75 Å². The van der Waals surface area contributed by atoms with Gasteiger partial charge in [0.15, 0.2) is 6.61 Å². The Morgan fingerprint density at radius 2 is 2.00 bits per heavy atom. The van der Waals surface area contributed by atoms with Crippen LogP contribution in [0, 0.1) is 12.8 Å². The van der Waals surface area contributed by atoms with E-state index in [0.717, 1.165) is 5.56 Å². The number of carbonyl (C=O) groups excluding carboxylic acids is 2. The molecular weight excluding hydrogens is 294 g/mol. The summed E-state index contributed by atoms with van der Waals surface area (Å²) in [7, 11) is 1.28. The molecule has 1 N–H and O–H groups in total. The first-order valence-electron chi connectivity index (χ1n) is 6.61. The Hall–Kier alpha value is -1.75. The Labute approximate surface area is 129 Å². The third-order valence-corrected chi connectivity index (χ3v) is 3.20. The zero-order valence-electron chi connectivity index (χ0n) is 12.6. The maximum atomic E-state index is 11.9. The van der Waals surface area contributed by atoms with Gasteiger partial charge in [-0.1, -0.05) is 31.5 Å². The number of rotatable bonds is 6. The van der Waals surface area contributed by atoms with Crippen molar-refractivity contribution in [2.75, 3.05) is 13.7 Å². The Morgan fingerprint density at radius 1 is 1.33 bits per heavy atom. The number of hydrogen-bond donors (Lipinski definition) is 1. The molecule has 0 spiro atoms. The lowest BCUT2D eigenvalue weighted by molar-refractivity contribution is -0.146. The molecule has 1 rings (SSSR count). The van der Waals surface area contributed by atoms with Crippen molar-refractivity contribution in [3.8, 4) is 5.75 Å². The number of hydrogen-bond acceptors (Lipinski definition) is 4. The first kappa shape index (κ1) is 17.3. The summed E-state index contributed by atoms with van der Waals surface area (Å²) in [5, 5.41) is 3.02. The minimum atomic E-state index is -0.695.